The van der Waals surface area contributed by atoms with Crippen molar-refractivity contribution in [2.75, 3.05) is 30.9 Å². The Hall–Kier alpha value is -2.34. The molecule has 7 heteroatoms. The first-order valence-electron chi connectivity index (χ1n) is 8.58. The van der Waals surface area contributed by atoms with Gasteiger partial charge in [-0.05, 0) is 38.0 Å². The van der Waals surface area contributed by atoms with Gasteiger partial charge in [-0.1, -0.05) is 24.9 Å². The highest BCUT2D eigenvalue weighted by Crippen LogP contribution is 2.31. The van der Waals surface area contributed by atoms with Crippen LogP contribution in [0.1, 0.15) is 41.5 Å². The van der Waals surface area contributed by atoms with E-state index >= 15 is 0 Å². The number of carbonyl (C=O) groups excluding carboxylic acids is 1. The van der Waals surface area contributed by atoms with Gasteiger partial charge in [0, 0.05) is 30.4 Å². The molecule has 2 aromatic rings. The van der Waals surface area contributed by atoms with Gasteiger partial charge < -0.3 is 15.0 Å². The third-order valence-electron chi connectivity index (χ3n) is 3.99. The summed E-state index contributed by atoms with van der Waals surface area (Å²) >= 11 is 6.12. The Morgan fingerprint density at radius 1 is 1.27 bits per heavy atom. The zero-order chi connectivity index (χ0) is 19.3. The number of carbonyl (C=O) groups is 1. The molecule has 2 rings (SSSR count). The second kappa shape index (κ2) is 8.85. The minimum absolute atomic E-state index is 0.311. The van der Waals surface area contributed by atoms with Gasteiger partial charge in [0.25, 0.3) is 5.91 Å². The largest absolute Gasteiger partial charge is 0.495 e. The van der Waals surface area contributed by atoms with Crippen LogP contribution in [0, 0.1) is 13.8 Å². The van der Waals surface area contributed by atoms with Gasteiger partial charge in [-0.3, -0.25) is 4.79 Å². The molecule has 1 aromatic carbocycles. The number of rotatable bonds is 7. The van der Waals surface area contributed by atoms with Crippen molar-refractivity contribution in [2.45, 2.75) is 33.6 Å². The van der Waals surface area contributed by atoms with Gasteiger partial charge in [-0.15, -0.1) is 0 Å². The van der Waals surface area contributed by atoms with Crippen molar-refractivity contribution in [1.82, 2.24) is 9.97 Å². The number of halogens is 1. The smallest absolute Gasteiger partial charge is 0.274 e. The lowest BCUT2D eigenvalue weighted by atomic mass is 10.2. The first kappa shape index (κ1) is 20.0. The summed E-state index contributed by atoms with van der Waals surface area (Å²) in [7, 11) is 3.46. The third-order valence-corrected chi connectivity index (χ3v) is 4.40. The summed E-state index contributed by atoms with van der Waals surface area (Å²) in [6, 6.07) is 5.13. The number of hydrogen-bond acceptors (Lipinski definition) is 5. The molecule has 0 saturated heterocycles. The van der Waals surface area contributed by atoms with Crippen molar-refractivity contribution in [3.05, 3.63) is 40.2 Å². The number of nitrogens with zero attached hydrogens (tertiary/aromatic N) is 3. The van der Waals surface area contributed by atoms with E-state index in [0.29, 0.717) is 28.1 Å². The van der Waals surface area contributed by atoms with Crippen LogP contribution in [0.15, 0.2) is 18.2 Å². The fraction of sp³-hybridized carbons (Fsp3) is 0.421. The molecule has 0 saturated carbocycles. The average molecular weight is 377 g/mol. The zero-order valence-corrected chi connectivity index (χ0v) is 16.6. The standard InChI is InChI=1S/C19H25ClN4O2/c1-6-7-8-24(4)19-21-13(3)10-16(23-19)18(25)22-15-9-12(2)14(20)11-17(15)26-5/h9-11H,6-8H2,1-5H3,(H,22,25). The third kappa shape index (κ3) is 4.85. The highest BCUT2D eigenvalue weighted by Gasteiger charge is 2.16. The monoisotopic (exact) mass is 376 g/mol. The van der Waals surface area contributed by atoms with E-state index in [9.17, 15) is 4.79 Å². The van der Waals surface area contributed by atoms with Crippen LogP contribution in [0.2, 0.25) is 5.02 Å². The Labute approximate surface area is 159 Å². The van der Waals surface area contributed by atoms with Crippen molar-refractivity contribution in [3.63, 3.8) is 0 Å². The van der Waals surface area contributed by atoms with Gasteiger partial charge in [0.1, 0.15) is 11.4 Å². The van der Waals surface area contributed by atoms with Gasteiger partial charge in [-0.25, -0.2) is 9.97 Å². The van der Waals surface area contributed by atoms with E-state index in [2.05, 4.69) is 22.2 Å². The quantitative estimate of drug-likeness (QED) is 0.782. The molecular formula is C19H25ClN4O2. The van der Waals surface area contributed by atoms with Crippen molar-refractivity contribution in [3.8, 4) is 5.75 Å². The van der Waals surface area contributed by atoms with Crippen molar-refractivity contribution in [2.24, 2.45) is 0 Å². The number of amides is 1. The maximum atomic E-state index is 12.7. The molecule has 0 atom stereocenters. The van der Waals surface area contributed by atoms with Crippen LogP contribution < -0.4 is 15.0 Å². The van der Waals surface area contributed by atoms with Gasteiger partial charge in [0.05, 0.1) is 12.8 Å². The van der Waals surface area contributed by atoms with Crippen LogP contribution in [-0.2, 0) is 0 Å². The van der Waals surface area contributed by atoms with E-state index < -0.39 is 0 Å². The van der Waals surface area contributed by atoms with Crippen LogP contribution in [-0.4, -0.2) is 36.6 Å². The molecule has 1 aromatic heterocycles. The number of benzene rings is 1. The van der Waals surface area contributed by atoms with E-state index in [4.69, 9.17) is 16.3 Å². The number of unbranched alkanes of at least 4 members (excludes halogenated alkanes) is 1. The van der Waals surface area contributed by atoms with E-state index in [1.807, 2.05) is 25.8 Å². The van der Waals surface area contributed by atoms with E-state index in [1.54, 1.807) is 18.2 Å². The lowest BCUT2D eigenvalue weighted by molar-refractivity contribution is 0.102. The number of anilines is 2. The maximum absolute atomic E-state index is 12.7. The van der Waals surface area contributed by atoms with E-state index in [0.717, 1.165) is 30.6 Å². The SMILES string of the molecule is CCCCN(C)c1nc(C)cc(C(=O)Nc2cc(C)c(Cl)cc2OC)n1. The van der Waals surface area contributed by atoms with E-state index in [1.165, 1.54) is 7.11 Å². The topological polar surface area (TPSA) is 67.4 Å². The lowest BCUT2D eigenvalue weighted by Crippen LogP contribution is -2.23. The number of aryl methyl sites for hydroxylation is 2. The average Bonchev–Trinajstić information content (AvgIpc) is 2.61. The van der Waals surface area contributed by atoms with Crippen LogP contribution in [0.25, 0.3) is 0 Å². The fourth-order valence-corrected chi connectivity index (χ4v) is 2.61. The number of methoxy groups -OCH3 is 1. The number of aromatic nitrogens is 2. The maximum Gasteiger partial charge on any atom is 0.274 e. The molecule has 0 fully saturated rings. The van der Waals surface area contributed by atoms with Crippen molar-refractivity contribution >= 4 is 29.1 Å². The molecule has 26 heavy (non-hydrogen) atoms. The summed E-state index contributed by atoms with van der Waals surface area (Å²) < 4.78 is 5.31. The summed E-state index contributed by atoms with van der Waals surface area (Å²) in [4.78, 5) is 23.5. The Morgan fingerprint density at radius 3 is 2.65 bits per heavy atom. The summed E-state index contributed by atoms with van der Waals surface area (Å²) in [6.07, 6.45) is 2.12. The van der Waals surface area contributed by atoms with Crippen LogP contribution in [0.5, 0.6) is 5.75 Å². The summed E-state index contributed by atoms with van der Waals surface area (Å²) in [5.41, 5.74) is 2.45. The predicted octanol–water partition coefficient (Wildman–Crippen LogP) is 4.24. The number of nitrogens with one attached hydrogen (secondary N) is 1. The normalized spacial score (nSPS) is 10.5. The van der Waals surface area contributed by atoms with Crippen LogP contribution >= 0.6 is 11.6 Å². The van der Waals surface area contributed by atoms with Gasteiger partial charge in [0.2, 0.25) is 5.95 Å². The van der Waals surface area contributed by atoms with Crippen molar-refractivity contribution < 1.29 is 9.53 Å². The first-order valence-corrected chi connectivity index (χ1v) is 8.95. The predicted molar refractivity (Wildman–Crippen MR) is 106 cm³/mol. The second-order valence-electron chi connectivity index (χ2n) is 6.23. The Morgan fingerprint density at radius 2 is 2.00 bits per heavy atom. The molecule has 1 heterocycles. The minimum atomic E-state index is -0.319. The molecule has 1 N–H and O–H groups in total. The van der Waals surface area contributed by atoms with Crippen LogP contribution in [0.4, 0.5) is 11.6 Å². The molecule has 0 radical (unpaired) electrons. The molecule has 0 aliphatic carbocycles. The fourth-order valence-electron chi connectivity index (χ4n) is 2.45. The molecule has 6 nitrogen and oxygen atoms in total. The Bertz CT molecular complexity index is 795. The Kier molecular flexibility index (Phi) is 6.80. The van der Waals surface area contributed by atoms with Gasteiger partial charge in [0.15, 0.2) is 0 Å². The molecule has 0 unspecified atom stereocenters. The molecular weight excluding hydrogens is 352 g/mol. The molecule has 0 aliphatic heterocycles. The van der Waals surface area contributed by atoms with E-state index in [-0.39, 0.29) is 5.91 Å². The first-order chi connectivity index (χ1) is 12.3. The minimum Gasteiger partial charge on any atom is -0.495 e. The van der Waals surface area contributed by atoms with Gasteiger partial charge in [-0.2, -0.15) is 0 Å². The summed E-state index contributed by atoms with van der Waals surface area (Å²) in [5, 5.41) is 3.43. The molecule has 0 bridgehead atoms. The summed E-state index contributed by atoms with van der Waals surface area (Å²) in [6.45, 7) is 6.69. The molecule has 0 spiro atoms. The molecule has 0 aliphatic rings. The number of hydrogen-bond donors (Lipinski definition) is 1. The summed E-state index contributed by atoms with van der Waals surface area (Å²) in [5.74, 6) is 0.725. The highest BCUT2D eigenvalue weighted by molar-refractivity contribution is 6.31. The second-order valence-corrected chi connectivity index (χ2v) is 6.63. The Balaban J connectivity index is 2.27. The van der Waals surface area contributed by atoms with Crippen LogP contribution in [0.3, 0.4) is 0 Å². The number of ether oxygens (including phenoxy) is 1. The highest BCUT2D eigenvalue weighted by atomic mass is 35.5. The zero-order valence-electron chi connectivity index (χ0n) is 15.9. The lowest BCUT2D eigenvalue weighted by Gasteiger charge is -2.18. The van der Waals surface area contributed by atoms with Gasteiger partial charge >= 0.3 is 0 Å². The van der Waals surface area contributed by atoms with Crippen molar-refractivity contribution in [1.29, 1.82) is 0 Å². The molecule has 140 valence electrons. The molecule has 1 amide bonds.